The summed E-state index contributed by atoms with van der Waals surface area (Å²) in [7, 11) is 0. The molecule has 3 heterocycles. The number of anilines is 1. The lowest BCUT2D eigenvalue weighted by molar-refractivity contribution is 0.534. The third-order valence-corrected chi connectivity index (χ3v) is 2.35. The van der Waals surface area contributed by atoms with E-state index in [4.69, 9.17) is 10.2 Å². The van der Waals surface area contributed by atoms with Crippen LogP contribution < -0.4 is 5.73 Å². The number of nitrogens with zero attached hydrogens (tertiary/aromatic N) is 4. The summed E-state index contributed by atoms with van der Waals surface area (Å²) in [6.07, 6.45) is 5.41. The molecular weight excluding hydrogens is 218 g/mol. The molecule has 0 saturated carbocycles. The van der Waals surface area contributed by atoms with Crippen molar-refractivity contribution >= 4 is 17.0 Å². The lowest BCUT2D eigenvalue weighted by Gasteiger charge is -1.93. The second-order valence-corrected chi connectivity index (χ2v) is 3.56. The highest BCUT2D eigenvalue weighted by atomic mass is 16.4. The Morgan fingerprint density at radius 2 is 2.24 bits per heavy atom. The van der Waals surface area contributed by atoms with E-state index >= 15 is 0 Å². The molecule has 0 bridgehead atoms. The third-order valence-electron chi connectivity index (χ3n) is 2.35. The molecule has 0 aromatic carbocycles. The molecule has 0 aliphatic carbocycles. The van der Waals surface area contributed by atoms with Crippen molar-refractivity contribution in [2.45, 2.75) is 6.42 Å². The fourth-order valence-corrected chi connectivity index (χ4v) is 1.57. The van der Waals surface area contributed by atoms with E-state index in [1.807, 2.05) is 12.1 Å². The zero-order chi connectivity index (χ0) is 11.7. The van der Waals surface area contributed by atoms with Crippen molar-refractivity contribution in [2.75, 3.05) is 5.73 Å². The Morgan fingerprint density at radius 3 is 3.00 bits per heavy atom. The molecule has 0 amide bonds. The Hall–Kier alpha value is -2.50. The Kier molecular flexibility index (Phi) is 2.18. The molecule has 3 aromatic rings. The summed E-state index contributed by atoms with van der Waals surface area (Å²) >= 11 is 0. The van der Waals surface area contributed by atoms with Crippen LogP contribution in [-0.2, 0) is 6.42 Å². The maximum absolute atomic E-state index is 5.68. The number of hydrogen-bond acceptors (Lipinski definition) is 6. The molecule has 0 aliphatic rings. The Labute approximate surface area is 96.5 Å². The number of aromatic nitrogens is 4. The molecule has 0 fully saturated rings. The van der Waals surface area contributed by atoms with Crippen LogP contribution in [0.25, 0.3) is 11.2 Å². The van der Waals surface area contributed by atoms with Crippen molar-refractivity contribution in [1.29, 1.82) is 0 Å². The number of hydrogen-bond donors (Lipinski definition) is 1. The van der Waals surface area contributed by atoms with Crippen molar-refractivity contribution in [1.82, 2.24) is 19.9 Å². The highest BCUT2D eigenvalue weighted by Crippen LogP contribution is 2.18. The molecule has 0 unspecified atom stereocenters. The number of oxazole rings is 1. The fourth-order valence-electron chi connectivity index (χ4n) is 1.57. The van der Waals surface area contributed by atoms with Gasteiger partial charge in [0.05, 0.1) is 6.42 Å². The first-order chi connectivity index (χ1) is 8.33. The largest absolute Gasteiger partial charge is 0.422 e. The van der Waals surface area contributed by atoms with E-state index in [1.54, 1.807) is 12.4 Å². The van der Waals surface area contributed by atoms with Gasteiger partial charge in [-0.1, -0.05) is 6.07 Å². The number of nitrogen functional groups attached to an aromatic ring is 1. The van der Waals surface area contributed by atoms with Gasteiger partial charge in [-0.15, -0.1) is 0 Å². The summed E-state index contributed by atoms with van der Waals surface area (Å²) in [5.41, 5.74) is 7.62. The van der Waals surface area contributed by atoms with Crippen LogP contribution in [0.4, 0.5) is 5.82 Å². The van der Waals surface area contributed by atoms with Crippen LogP contribution in [-0.4, -0.2) is 19.9 Å². The normalized spacial score (nSPS) is 10.8. The Bertz CT molecular complexity index is 649. The van der Waals surface area contributed by atoms with E-state index in [0.29, 0.717) is 29.4 Å². The van der Waals surface area contributed by atoms with Crippen LogP contribution in [0.15, 0.2) is 35.3 Å². The van der Waals surface area contributed by atoms with Crippen LogP contribution in [0.5, 0.6) is 0 Å². The zero-order valence-corrected chi connectivity index (χ0v) is 8.87. The first-order valence-corrected chi connectivity index (χ1v) is 5.08. The fraction of sp³-hybridized carbons (Fsp3) is 0.0909. The highest BCUT2D eigenvalue weighted by Gasteiger charge is 2.10. The number of rotatable bonds is 2. The standard InChI is InChI=1S/C11H9N5O/c12-10-9-11(15-6-14-10)17-8(16-9)4-7-2-1-3-13-5-7/h1-3,5-6H,4H2,(H2,12,14,15). The van der Waals surface area contributed by atoms with E-state index < -0.39 is 0 Å². The average molecular weight is 227 g/mol. The average Bonchev–Trinajstić information content (AvgIpc) is 2.74. The molecule has 0 radical (unpaired) electrons. The number of nitrogens with two attached hydrogens (primary N) is 1. The molecule has 0 saturated heterocycles. The summed E-state index contributed by atoms with van der Waals surface area (Å²) in [6.45, 7) is 0. The minimum atomic E-state index is 0.330. The molecule has 0 atom stereocenters. The van der Waals surface area contributed by atoms with E-state index in [-0.39, 0.29) is 0 Å². The van der Waals surface area contributed by atoms with Gasteiger partial charge in [-0.3, -0.25) is 4.98 Å². The van der Waals surface area contributed by atoms with Gasteiger partial charge >= 0.3 is 0 Å². The molecule has 2 N–H and O–H groups in total. The highest BCUT2D eigenvalue weighted by molar-refractivity contribution is 5.79. The number of pyridine rings is 1. The van der Waals surface area contributed by atoms with Gasteiger partial charge in [0.1, 0.15) is 6.33 Å². The minimum Gasteiger partial charge on any atom is -0.422 e. The molecule has 0 spiro atoms. The molecule has 17 heavy (non-hydrogen) atoms. The maximum atomic E-state index is 5.68. The molecule has 3 aromatic heterocycles. The predicted octanol–water partition coefficient (Wildman–Crippen LogP) is 1.19. The Morgan fingerprint density at radius 1 is 1.29 bits per heavy atom. The van der Waals surface area contributed by atoms with Crippen LogP contribution in [0.2, 0.25) is 0 Å². The van der Waals surface area contributed by atoms with E-state index in [2.05, 4.69) is 19.9 Å². The van der Waals surface area contributed by atoms with Gasteiger partial charge in [0.25, 0.3) is 5.71 Å². The van der Waals surface area contributed by atoms with Crippen molar-refractivity contribution < 1.29 is 4.42 Å². The molecule has 3 rings (SSSR count). The van der Waals surface area contributed by atoms with Crippen molar-refractivity contribution in [2.24, 2.45) is 0 Å². The smallest absolute Gasteiger partial charge is 0.252 e. The molecular formula is C11H9N5O. The summed E-state index contributed by atoms with van der Waals surface area (Å²) in [5, 5.41) is 0. The van der Waals surface area contributed by atoms with Crippen LogP contribution in [0.1, 0.15) is 11.5 Å². The second-order valence-electron chi connectivity index (χ2n) is 3.56. The van der Waals surface area contributed by atoms with Gasteiger partial charge < -0.3 is 10.2 Å². The van der Waals surface area contributed by atoms with Gasteiger partial charge in [0.15, 0.2) is 11.3 Å². The summed E-state index contributed by atoms with van der Waals surface area (Å²) in [4.78, 5) is 16.1. The zero-order valence-electron chi connectivity index (χ0n) is 8.87. The first kappa shape index (κ1) is 9.71. The van der Waals surface area contributed by atoms with E-state index in [9.17, 15) is 0 Å². The van der Waals surface area contributed by atoms with Crippen molar-refractivity contribution in [3.63, 3.8) is 0 Å². The van der Waals surface area contributed by atoms with Gasteiger partial charge in [-0.2, -0.15) is 4.98 Å². The summed E-state index contributed by atoms with van der Waals surface area (Å²) < 4.78 is 5.48. The topological polar surface area (TPSA) is 90.7 Å². The third kappa shape index (κ3) is 1.80. The SMILES string of the molecule is Nc1ncnc2oc(Cc3cccnc3)nc12. The summed E-state index contributed by atoms with van der Waals surface area (Å²) in [6, 6.07) is 3.82. The first-order valence-electron chi connectivity index (χ1n) is 5.08. The monoisotopic (exact) mass is 227 g/mol. The van der Waals surface area contributed by atoms with Crippen molar-refractivity contribution in [3.8, 4) is 0 Å². The van der Waals surface area contributed by atoms with Crippen LogP contribution >= 0.6 is 0 Å². The van der Waals surface area contributed by atoms with E-state index in [1.165, 1.54) is 6.33 Å². The maximum Gasteiger partial charge on any atom is 0.252 e. The van der Waals surface area contributed by atoms with Crippen LogP contribution in [0, 0.1) is 0 Å². The number of fused-ring (bicyclic) bond motifs is 1. The molecule has 6 nitrogen and oxygen atoms in total. The van der Waals surface area contributed by atoms with Gasteiger partial charge in [0, 0.05) is 12.4 Å². The summed E-state index contributed by atoms with van der Waals surface area (Å²) in [5.74, 6) is 0.886. The van der Waals surface area contributed by atoms with Crippen LogP contribution in [0.3, 0.4) is 0 Å². The van der Waals surface area contributed by atoms with E-state index in [0.717, 1.165) is 5.56 Å². The molecule has 6 heteroatoms. The Balaban J connectivity index is 1.99. The van der Waals surface area contributed by atoms with Gasteiger partial charge in [-0.05, 0) is 11.6 Å². The van der Waals surface area contributed by atoms with Gasteiger partial charge in [0.2, 0.25) is 5.89 Å². The quantitative estimate of drug-likeness (QED) is 0.707. The molecule has 84 valence electrons. The second kappa shape index (κ2) is 3.82. The lowest BCUT2D eigenvalue weighted by atomic mass is 10.2. The predicted molar refractivity (Wildman–Crippen MR) is 61.1 cm³/mol. The lowest BCUT2D eigenvalue weighted by Crippen LogP contribution is -1.92. The van der Waals surface area contributed by atoms with Gasteiger partial charge in [-0.25, -0.2) is 9.97 Å². The van der Waals surface area contributed by atoms with Crippen molar-refractivity contribution in [3.05, 3.63) is 42.3 Å². The molecule has 0 aliphatic heterocycles. The minimum absolute atomic E-state index is 0.330.